The summed E-state index contributed by atoms with van der Waals surface area (Å²) in [5.41, 5.74) is -0.140. The van der Waals surface area contributed by atoms with Crippen LogP contribution in [0.4, 0.5) is 10.1 Å². The minimum Gasteiger partial charge on any atom is -0.439 e. The summed E-state index contributed by atoms with van der Waals surface area (Å²) in [6.45, 7) is 0.412. The number of nitro benzene ring substituents is 1. The fourth-order valence-electron chi connectivity index (χ4n) is 1.53. The van der Waals surface area contributed by atoms with E-state index in [1.165, 1.54) is 12.3 Å². The molecule has 0 fully saturated rings. The van der Waals surface area contributed by atoms with Crippen LogP contribution in [0.25, 0.3) is 11.3 Å². The molecule has 0 aliphatic heterocycles. The number of nitrogens with zero attached hydrogens (tertiary/aromatic N) is 2. The van der Waals surface area contributed by atoms with E-state index < -0.39 is 10.7 Å². The molecule has 2 aromatic rings. The quantitative estimate of drug-likeness (QED) is 0.664. The fourth-order valence-corrected chi connectivity index (χ4v) is 1.53. The lowest BCUT2D eigenvalue weighted by molar-refractivity contribution is -0.384. The second kappa shape index (κ2) is 4.92. The van der Waals surface area contributed by atoms with Crippen molar-refractivity contribution in [3.63, 3.8) is 0 Å². The highest BCUT2D eigenvalue weighted by molar-refractivity contribution is 5.68. The van der Waals surface area contributed by atoms with Crippen molar-refractivity contribution in [3.05, 3.63) is 46.2 Å². The van der Waals surface area contributed by atoms with E-state index in [0.717, 1.165) is 12.1 Å². The van der Waals surface area contributed by atoms with E-state index in [1.54, 1.807) is 7.05 Å². The number of hydrogen-bond donors (Lipinski definition) is 1. The average Bonchev–Trinajstić information content (AvgIpc) is 2.78. The maximum atomic E-state index is 13.0. The second-order valence-electron chi connectivity index (χ2n) is 3.57. The molecule has 2 rings (SSSR count). The van der Waals surface area contributed by atoms with Gasteiger partial charge in [-0.05, 0) is 19.2 Å². The van der Waals surface area contributed by atoms with Gasteiger partial charge in [-0.2, -0.15) is 0 Å². The van der Waals surface area contributed by atoms with Crippen molar-refractivity contribution in [1.82, 2.24) is 10.3 Å². The topological polar surface area (TPSA) is 81.2 Å². The Morgan fingerprint density at radius 2 is 2.33 bits per heavy atom. The number of hydrogen-bond acceptors (Lipinski definition) is 5. The van der Waals surface area contributed by atoms with Crippen molar-refractivity contribution in [1.29, 1.82) is 0 Å². The first-order chi connectivity index (χ1) is 8.61. The summed E-state index contributed by atoms with van der Waals surface area (Å²) < 4.78 is 18.3. The molecule has 7 heteroatoms. The minimum atomic E-state index is -0.666. The Balaban J connectivity index is 2.45. The summed E-state index contributed by atoms with van der Waals surface area (Å²) >= 11 is 0. The minimum absolute atomic E-state index is 0.205. The molecule has 0 spiro atoms. The molecule has 0 atom stereocenters. The molecule has 0 unspecified atom stereocenters. The van der Waals surface area contributed by atoms with Crippen LogP contribution in [0.15, 0.2) is 28.8 Å². The predicted molar refractivity (Wildman–Crippen MR) is 61.3 cm³/mol. The van der Waals surface area contributed by atoms with Gasteiger partial charge in [0, 0.05) is 0 Å². The van der Waals surface area contributed by atoms with E-state index in [4.69, 9.17) is 4.42 Å². The molecule has 1 aromatic carbocycles. The van der Waals surface area contributed by atoms with Gasteiger partial charge in [-0.25, -0.2) is 9.37 Å². The van der Waals surface area contributed by atoms with E-state index in [2.05, 4.69) is 10.3 Å². The Labute approximate surface area is 102 Å². The van der Waals surface area contributed by atoms with Crippen LogP contribution in [0, 0.1) is 15.9 Å². The highest BCUT2D eigenvalue weighted by Gasteiger charge is 2.19. The van der Waals surface area contributed by atoms with E-state index in [0.29, 0.717) is 12.4 Å². The lowest BCUT2D eigenvalue weighted by atomic mass is 10.1. The molecule has 0 aliphatic carbocycles. The molecule has 0 saturated carbocycles. The molecule has 18 heavy (non-hydrogen) atoms. The SMILES string of the molecule is CNCc1ncc(-c2ccc(F)cc2[N+](=O)[O-])o1. The van der Waals surface area contributed by atoms with Crippen LogP contribution in [-0.4, -0.2) is 17.0 Å². The van der Waals surface area contributed by atoms with E-state index in [-0.39, 0.29) is 17.0 Å². The highest BCUT2D eigenvalue weighted by atomic mass is 19.1. The first-order valence-electron chi connectivity index (χ1n) is 5.15. The Morgan fingerprint density at radius 3 is 3.00 bits per heavy atom. The van der Waals surface area contributed by atoms with Crippen LogP contribution >= 0.6 is 0 Å². The van der Waals surface area contributed by atoms with Gasteiger partial charge in [0.25, 0.3) is 5.69 Å². The molecule has 0 saturated heterocycles. The monoisotopic (exact) mass is 251 g/mol. The third-order valence-corrected chi connectivity index (χ3v) is 2.30. The van der Waals surface area contributed by atoms with Gasteiger partial charge < -0.3 is 9.73 Å². The van der Waals surface area contributed by atoms with Crippen LogP contribution in [0.5, 0.6) is 0 Å². The van der Waals surface area contributed by atoms with E-state index in [9.17, 15) is 14.5 Å². The van der Waals surface area contributed by atoms with Crippen molar-refractivity contribution in [3.8, 4) is 11.3 Å². The van der Waals surface area contributed by atoms with Crippen molar-refractivity contribution >= 4 is 5.69 Å². The average molecular weight is 251 g/mol. The summed E-state index contributed by atoms with van der Waals surface area (Å²) in [6, 6.07) is 3.30. The number of halogens is 1. The van der Waals surface area contributed by atoms with Crippen LogP contribution in [0.1, 0.15) is 5.89 Å². The Hall–Kier alpha value is -2.28. The Kier molecular flexibility index (Phi) is 3.33. The lowest BCUT2D eigenvalue weighted by Gasteiger charge is -1.99. The molecule has 0 aliphatic rings. The predicted octanol–water partition coefficient (Wildman–Crippen LogP) is 2.11. The normalized spacial score (nSPS) is 10.6. The van der Waals surface area contributed by atoms with Gasteiger partial charge in [-0.1, -0.05) is 0 Å². The zero-order valence-electron chi connectivity index (χ0n) is 9.51. The summed E-state index contributed by atoms with van der Waals surface area (Å²) in [4.78, 5) is 14.1. The summed E-state index contributed by atoms with van der Waals surface area (Å²) in [6.07, 6.45) is 1.38. The van der Waals surface area contributed by atoms with E-state index >= 15 is 0 Å². The Morgan fingerprint density at radius 1 is 1.56 bits per heavy atom. The number of nitro groups is 1. The first-order valence-corrected chi connectivity index (χ1v) is 5.15. The molecule has 0 amide bonds. The fraction of sp³-hybridized carbons (Fsp3) is 0.182. The van der Waals surface area contributed by atoms with Crippen LogP contribution in [0.2, 0.25) is 0 Å². The molecule has 0 radical (unpaired) electrons. The van der Waals surface area contributed by atoms with Gasteiger partial charge in [-0.15, -0.1) is 0 Å². The largest absolute Gasteiger partial charge is 0.439 e. The van der Waals surface area contributed by atoms with Gasteiger partial charge >= 0.3 is 0 Å². The van der Waals surface area contributed by atoms with Gasteiger partial charge in [0.15, 0.2) is 5.76 Å². The van der Waals surface area contributed by atoms with E-state index in [1.807, 2.05) is 0 Å². The summed E-state index contributed by atoms with van der Waals surface area (Å²) in [5, 5.41) is 13.7. The maximum absolute atomic E-state index is 13.0. The maximum Gasteiger partial charge on any atom is 0.283 e. The standard InChI is InChI=1S/C11H10FN3O3/c1-13-6-11-14-5-10(18-11)8-3-2-7(12)4-9(8)15(16)17/h2-5,13H,6H2,1H3. The zero-order valence-corrected chi connectivity index (χ0v) is 9.51. The van der Waals surface area contributed by atoms with Crippen molar-refractivity contribution in [2.45, 2.75) is 6.54 Å². The van der Waals surface area contributed by atoms with Crippen LogP contribution in [-0.2, 0) is 6.54 Å². The van der Waals surface area contributed by atoms with Crippen molar-refractivity contribution < 1.29 is 13.7 Å². The molecule has 0 bridgehead atoms. The number of rotatable bonds is 4. The molecule has 1 aromatic heterocycles. The molecule has 1 N–H and O–H groups in total. The molecular weight excluding hydrogens is 241 g/mol. The second-order valence-corrected chi connectivity index (χ2v) is 3.57. The number of oxazole rings is 1. The molecule has 6 nitrogen and oxygen atoms in total. The van der Waals surface area contributed by atoms with Crippen molar-refractivity contribution in [2.24, 2.45) is 0 Å². The zero-order chi connectivity index (χ0) is 13.1. The Bertz CT molecular complexity index is 583. The number of nitrogens with one attached hydrogen (secondary N) is 1. The first kappa shape index (κ1) is 12.2. The molecule has 94 valence electrons. The van der Waals surface area contributed by atoms with Gasteiger partial charge in [-0.3, -0.25) is 10.1 Å². The molecule has 1 heterocycles. The van der Waals surface area contributed by atoms with Gasteiger partial charge in [0.1, 0.15) is 5.82 Å². The van der Waals surface area contributed by atoms with Crippen LogP contribution in [0.3, 0.4) is 0 Å². The van der Waals surface area contributed by atoms with Crippen molar-refractivity contribution in [2.75, 3.05) is 7.05 Å². The third-order valence-electron chi connectivity index (χ3n) is 2.30. The third kappa shape index (κ3) is 2.35. The molecular formula is C11H10FN3O3. The smallest absolute Gasteiger partial charge is 0.283 e. The number of benzene rings is 1. The summed E-state index contributed by atoms with van der Waals surface area (Å²) in [5.74, 6) is -0.0153. The van der Waals surface area contributed by atoms with Gasteiger partial charge in [0.05, 0.1) is 29.3 Å². The number of aromatic nitrogens is 1. The highest BCUT2D eigenvalue weighted by Crippen LogP contribution is 2.30. The van der Waals surface area contributed by atoms with Gasteiger partial charge in [0.2, 0.25) is 5.89 Å². The summed E-state index contributed by atoms with van der Waals surface area (Å²) in [7, 11) is 1.73. The lowest BCUT2D eigenvalue weighted by Crippen LogP contribution is -2.04. The van der Waals surface area contributed by atoms with Crippen LogP contribution < -0.4 is 5.32 Å².